The summed E-state index contributed by atoms with van der Waals surface area (Å²) in [4.78, 5) is 21.6. The van der Waals surface area contributed by atoms with Crippen LogP contribution in [0, 0.1) is 0 Å². The average molecular weight is 540 g/mol. The van der Waals surface area contributed by atoms with Crippen molar-refractivity contribution in [3.8, 4) is 16.8 Å². The van der Waals surface area contributed by atoms with Gasteiger partial charge in [0.05, 0.1) is 16.8 Å². The third kappa shape index (κ3) is 4.92. The van der Waals surface area contributed by atoms with Crippen LogP contribution in [0.5, 0.6) is 0 Å². The molecule has 2 saturated heterocycles. The molecule has 2 aliphatic rings. The number of fused-ring (bicyclic) bond motifs is 1. The minimum absolute atomic E-state index is 0.0121. The molecule has 0 amide bonds. The van der Waals surface area contributed by atoms with Gasteiger partial charge in [-0.05, 0) is 79.1 Å². The number of carboxylic acid groups (broad SMARTS) is 1. The Morgan fingerprint density at radius 2 is 1.73 bits per heavy atom. The van der Waals surface area contributed by atoms with E-state index in [1.165, 1.54) is 12.8 Å². The number of carboxylic acids is 1. The molecule has 2 aromatic heterocycles. The molecular weight excluding hydrogens is 502 g/mol. The van der Waals surface area contributed by atoms with E-state index < -0.39 is 5.97 Å². The molecule has 2 aromatic carbocycles. The first-order chi connectivity index (χ1) is 19.4. The first kappa shape index (κ1) is 26.3. The Balaban J connectivity index is 1.47. The normalized spacial score (nSPS) is 16.2. The molecule has 4 aromatic rings. The van der Waals surface area contributed by atoms with Crippen LogP contribution in [0.15, 0.2) is 54.6 Å². The van der Waals surface area contributed by atoms with Crippen LogP contribution in [0.2, 0.25) is 0 Å². The van der Waals surface area contributed by atoms with Crippen LogP contribution in [-0.2, 0) is 4.74 Å². The van der Waals surface area contributed by atoms with Crippen molar-refractivity contribution >= 4 is 28.4 Å². The van der Waals surface area contributed by atoms with Crippen molar-refractivity contribution in [1.29, 1.82) is 0 Å². The summed E-state index contributed by atoms with van der Waals surface area (Å²) in [6.07, 6.45) is 4.42. The molecule has 8 nitrogen and oxygen atoms in total. The van der Waals surface area contributed by atoms with Gasteiger partial charge in [-0.15, -0.1) is 0 Å². The zero-order chi connectivity index (χ0) is 27.8. The number of aromatic carboxylic acids is 1. The highest BCUT2D eigenvalue weighted by atomic mass is 16.5. The SMILES string of the molecule is CC(C)c1nn(-c2cccc(N3CCCC3)c2)c2nc(C(=O)O)cc(-c3ccc(N(C)C4CCOCC4)cc3)c12. The molecule has 4 heterocycles. The Morgan fingerprint density at radius 3 is 2.40 bits per heavy atom. The van der Waals surface area contributed by atoms with Gasteiger partial charge in [0, 0.05) is 50.8 Å². The Kier molecular flexibility index (Phi) is 7.19. The molecular formula is C32H37N5O3. The lowest BCUT2D eigenvalue weighted by Crippen LogP contribution is -2.36. The van der Waals surface area contributed by atoms with Crippen molar-refractivity contribution in [1.82, 2.24) is 14.8 Å². The van der Waals surface area contributed by atoms with Crippen molar-refractivity contribution in [3.63, 3.8) is 0 Å². The van der Waals surface area contributed by atoms with E-state index in [1.807, 2.05) is 16.8 Å². The van der Waals surface area contributed by atoms with Gasteiger partial charge in [-0.3, -0.25) is 0 Å². The van der Waals surface area contributed by atoms with Crippen molar-refractivity contribution in [3.05, 3.63) is 66.0 Å². The number of carbonyl (C=O) groups is 1. The van der Waals surface area contributed by atoms with E-state index in [0.29, 0.717) is 11.7 Å². The van der Waals surface area contributed by atoms with Gasteiger partial charge in [0.1, 0.15) is 0 Å². The quantitative estimate of drug-likeness (QED) is 0.303. The van der Waals surface area contributed by atoms with Gasteiger partial charge >= 0.3 is 5.97 Å². The Labute approximate surface area is 235 Å². The van der Waals surface area contributed by atoms with E-state index in [4.69, 9.17) is 9.84 Å². The van der Waals surface area contributed by atoms with E-state index in [9.17, 15) is 9.90 Å². The fourth-order valence-electron chi connectivity index (χ4n) is 6.02. The molecule has 0 aliphatic carbocycles. The number of hydrogen-bond donors (Lipinski definition) is 1. The van der Waals surface area contributed by atoms with E-state index in [0.717, 1.165) is 78.4 Å². The van der Waals surface area contributed by atoms with Crippen LogP contribution in [0.25, 0.3) is 27.8 Å². The van der Waals surface area contributed by atoms with Gasteiger partial charge in [0.25, 0.3) is 0 Å². The summed E-state index contributed by atoms with van der Waals surface area (Å²) in [5, 5.41) is 16.0. The maximum absolute atomic E-state index is 12.2. The lowest BCUT2D eigenvalue weighted by Gasteiger charge is -2.33. The number of nitrogens with zero attached hydrogens (tertiary/aromatic N) is 5. The fourth-order valence-corrected chi connectivity index (χ4v) is 6.02. The molecule has 40 heavy (non-hydrogen) atoms. The number of aromatic nitrogens is 3. The summed E-state index contributed by atoms with van der Waals surface area (Å²) in [7, 11) is 2.13. The van der Waals surface area contributed by atoms with E-state index in [1.54, 1.807) is 6.07 Å². The maximum atomic E-state index is 12.2. The summed E-state index contributed by atoms with van der Waals surface area (Å²) < 4.78 is 7.37. The number of benzene rings is 2. The molecule has 0 atom stereocenters. The molecule has 0 spiro atoms. The summed E-state index contributed by atoms with van der Waals surface area (Å²) in [6, 6.07) is 18.9. The van der Waals surface area contributed by atoms with Crippen LogP contribution < -0.4 is 9.80 Å². The van der Waals surface area contributed by atoms with Crippen LogP contribution in [-0.4, -0.2) is 65.2 Å². The van der Waals surface area contributed by atoms with Crippen molar-refractivity contribution in [2.45, 2.75) is 51.5 Å². The zero-order valence-electron chi connectivity index (χ0n) is 23.5. The molecule has 0 bridgehead atoms. The summed E-state index contributed by atoms with van der Waals surface area (Å²) in [5.41, 5.74) is 6.46. The van der Waals surface area contributed by atoms with Crippen LogP contribution >= 0.6 is 0 Å². The standard InChI is InChI=1S/C32H37N5O3/c1-21(2)30-29-27(22-9-11-23(12-10-22)35(3)24-13-17-40-18-14-24)20-28(32(38)39)33-31(29)37(34-30)26-8-6-7-25(19-26)36-15-4-5-16-36/h6-12,19-21,24H,4-5,13-18H2,1-3H3,(H,38,39). The molecule has 6 rings (SSSR count). The third-order valence-electron chi connectivity index (χ3n) is 8.30. The van der Waals surface area contributed by atoms with Gasteiger partial charge in [-0.2, -0.15) is 5.10 Å². The maximum Gasteiger partial charge on any atom is 0.354 e. The average Bonchev–Trinajstić information content (AvgIpc) is 3.66. The van der Waals surface area contributed by atoms with Crippen LogP contribution in [0.4, 0.5) is 11.4 Å². The highest BCUT2D eigenvalue weighted by molar-refractivity contribution is 6.00. The van der Waals surface area contributed by atoms with E-state index in [-0.39, 0.29) is 11.6 Å². The molecule has 2 fully saturated rings. The Hall–Kier alpha value is -3.91. The largest absolute Gasteiger partial charge is 0.477 e. The lowest BCUT2D eigenvalue weighted by atomic mass is 9.97. The molecule has 8 heteroatoms. The molecule has 0 radical (unpaired) electrons. The van der Waals surface area contributed by atoms with Gasteiger partial charge < -0.3 is 19.6 Å². The molecule has 0 unspecified atom stereocenters. The molecule has 0 saturated carbocycles. The van der Waals surface area contributed by atoms with Gasteiger partial charge in [-0.1, -0.05) is 32.0 Å². The Bertz CT molecular complexity index is 1520. The predicted molar refractivity (Wildman–Crippen MR) is 159 cm³/mol. The van der Waals surface area contributed by atoms with Crippen LogP contribution in [0.3, 0.4) is 0 Å². The molecule has 208 valence electrons. The number of ether oxygens (including phenoxy) is 1. The van der Waals surface area contributed by atoms with Gasteiger partial charge in [0.2, 0.25) is 0 Å². The van der Waals surface area contributed by atoms with Crippen molar-refractivity contribution < 1.29 is 14.6 Å². The predicted octanol–water partition coefficient (Wildman–Crippen LogP) is 6.12. The first-order valence-corrected chi connectivity index (χ1v) is 14.3. The summed E-state index contributed by atoms with van der Waals surface area (Å²) >= 11 is 0. The number of pyridine rings is 1. The van der Waals surface area contributed by atoms with E-state index in [2.05, 4.69) is 72.1 Å². The second kappa shape index (κ2) is 10.9. The molecule has 2 aliphatic heterocycles. The second-order valence-electron chi connectivity index (χ2n) is 11.2. The lowest BCUT2D eigenvalue weighted by molar-refractivity contribution is 0.0691. The zero-order valence-corrected chi connectivity index (χ0v) is 23.5. The topological polar surface area (TPSA) is 83.7 Å². The van der Waals surface area contributed by atoms with Crippen LogP contribution in [0.1, 0.15) is 61.6 Å². The third-order valence-corrected chi connectivity index (χ3v) is 8.30. The number of rotatable bonds is 7. The molecule has 1 N–H and O–H groups in total. The number of anilines is 2. The van der Waals surface area contributed by atoms with Crippen molar-refractivity contribution in [2.24, 2.45) is 0 Å². The van der Waals surface area contributed by atoms with Crippen molar-refractivity contribution in [2.75, 3.05) is 43.2 Å². The minimum Gasteiger partial charge on any atom is -0.477 e. The highest BCUT2D eigenvalue weighted by Gasteiger charge is 2.24. The number of hydrogen-bond acceptors (Lipinski definition) is 6. The Morgan fingerprint density at radius 1 is 1.02 bits per heavy atom. The fraction of sp³-hybridized carbons (Fsp3) is 0.406. The smallest absolute Gasteiger partial charge is 0.354 e. The summed E-state index contributed by atoms with van der Waals surface area (Å²) in [6.45, 7) is 7.92. The van der Waals surface area contributed by atoms with Gasteiger partial charge in [0.15, 0.2) is 11.3 Å². The summed E-state index contributed by atoms with van der Waals surface area (Å²) in [5.74, 6) is -0.927. The van der Waals surface area contributed by atoms with E-state index >= 15 is 0 Å². The van der Waals surface area contributed by atoms with Gasteiger partial charge in [-0.25, -0.2) is 14.5 Å². The first-order valence-electron chi connectivity index (χ1n) is 14.3. The minimum atomic E-state index is -1.05. The second-order valence-corrected chi connectivity index (χ2v) is 11.2. The monoisotopic (exact) mass is 539 g/mol. The highest BCUT2D eigenvalue weighted by Crippen LogP contribution is 2.37.